The third-order valence-corrected chi connectivity index (χ3v) is 2.88. The summed E-state index contributed by atoms with van der Waals surface area (Å²) >= 11 is 5.14. The lowest BCUT2D eigenvalue weighted by molar-refractivity contribution is 0.240. The Hall–Kier alpha value is -1.82. The van der Waals surface area contributed by atoms with Crippen molar-refractivity contribution in [3.63, 3.8) is 0 Å². The molecule has 2 rings (SSSR count). The largest absolute Gasteiger partial charge is 0.491 e. The summed E-state index contributed by atoms with van der Waals surface area (Å²) in [5.74, 6) is 1.69. The van der Waals surface area contributed by atoms with Crippen LogP contribution in [0.2, 0.25) is 0 Å². The van der Waals surface area contributed by atoms with Crippen molar-refractivity contribution >= 4 is 12.2 Å². The molecule has 0 amide bonds. The molecule has 19 heavy (non-hydrogen) atoms. The van der Waals surface area contributed by atoms with Gasteiger partial charge in [0.1, 0.15) is 11.6 Å². The molecule has 2 N–H and O–H groups in total. The van der Waals surface area contributed by atoms with Gasteiger partial charge in [-0.25, -0.2) is 4.68 Å². The van der Waals surface area contributed by atoms with Crippen molar-refractivity contribution in [3.8, 4) is 5.75 Å². The van der Waals surface area contributed by atoms with Crippen LogP contribution in [0.4, 0.5) is 0 Å². The van der Waals surface area contributed by atoms with E-state index in [1.807, 2.05) is 45.0 Å². The maximum Gasteiger partial charge on any atom is 0.214 e. The number of hydrogen-bond acceptors (Lipinski definition) is 4. The smallest absolute Gasteiger partial charge is 0.214 e. The SMILES string of the molecule is Cc1n[nH]c(=S)n1NCc1ccccc1OC(C)C. The van der Waals surface area contributed by atoms with Crippen LogP contribution in [0.1, 0.15) is 25.2 Å². The minimum atomic E-state index is 0.152. The summed E-state index contributed by atoms with van der Waals surface area (Å²) in [7, 11) is 0. The second-order valence-corrected chi connectivity index (χ2v) is 4.91. The van der Waals surface area contributed by atoms with Gasteiger partial charge in [0.15, 0.2) is 0 Å². The van der Waals surface area contributed by atoms with Crippen LogP contribution in [0.15, 0.2) is 24.3 Å². The van der Waals surface area contributed by atoms with Gasteiger partial charge in [-0.15, -0.1) is 0 Å². The van der Waals surface area contributed by atoms with Crippen molar-refractivity contribution in [2.75, 3.05) is 5.43 Å². The number of aryl methyl sites for hydroxylation is 1. The maximum atomic E-state index is 5.78. The Kier molecular flexibility index (Phi) is 4.21. The van der Waals surface area contributed by atoms with Crippen LogP contribution < -0.4 is 10.2 Å². The minimum absolute atomic E-state index is 0.152. The maximum absolute atomic E-state index is 5.78. The van der Waals surface area contributed by atoms with Gasteiger partial charge in [0.2, 0.25) is 4.77 Å². The highest BCUT2D eigenvalue weighted by molar-refractivity contribution is 7.71. The molecule has 1 aromatic carbocycles. The normalized spacial score (nSPS) is 10.7. The van der Waals surface area contributed by atoms with E-state index in [0.717, 1.165) is 17.1 Å². The summed E-state index contributed by atoms with van der Waals surface area (Å²) in [6, 6.07) is 7.96. The molecule has 0 atom stereocenters. The Morgan fingerprint density at radius 1 is 1.42 bits per heavy atom. The van der Waals surface area contributed by atoms with E-state index in [0.29, 0.717) is 11.3 Å². The van der Waals surface area contributed by atoms with Gasteiger partial charge in [0.05, 0.1) is 12.6 Å². The van der Waals surface area contributed by atoms with Crippen LogP contribution in [-0.4, -0.2) is 21.0 Å². The van der Waals surface area contributed by atoms with Crippen LogP contribution in [0.25, 0.3) is 0 Å². The summed E-state index contributed by atoms with van der Waals surface area (Å²) in [6.45, 7) is 6.54. The third-order valence-electron chi connectivity index (χ3n) is 2.60. The number of nitrogens with one attached hydrogen (secondary N) is 2. The summed E-state index contributed by atoms with van der Waals surface area (Å²) in [5, 5.41) is 6.79. The van der Waals surface area contributed by atoms with Crippen LogP contribution in [0, 0.1) is 11.7 Å². The fourth-order valence-corrected chi connectivity index (χ4v) is 1.99. The fourth-order valence-electron chi connectivity index (χ4n) is 1.74. The molecule has 6 heteroatoms. The number of hydrogen-bond donors (Lipinski definition) is 2. The monoisotopic (exact) mass is 278 g/mol. The van der Waals surface area contributed by atoms with Gasteiger partial charge in [-0.3, -0.25) is 5.10 Å². The van der Waals surface area contributed by atoms with Gasteiger partial charge >= 0.3 is 0 Å². The first kappa shape index (κ1) is 13.6. The molecule has 0 saturated carbocycles. The van der Waals surface area contributed by atoms with E-state index < -0.39 is 0 Å². The van der Waals surface area contributed by atoms with Crippen molar-refractivity contribution in [2.45, 2.75) is 33.4 Å². The van der Waals surface area contributed by atoms with E-state index >= 15 is 0 Å². The first-order chi connectivity index (χ1) is 9.08. The highest BCUT2D eigenvalue weighted by atomic mass is 32.1. The number of H-pyrrole nitrogens is 1. The van der Waals surface area contributed by atoms with Crippen molar-refractivity contribution in [2.24, 2.45) is 0 Å². The molecule has 0 aliphatic carbocycles. The average Bonchev–Trinajstić information content (AvgIpc) is 2.68. The quantitative estimate of drug-likeness (QED) is 0.826. The van der Waals surface area contributed by atoms with Crippen molar-refractivity contribution in [1.82, 2.24) is 14.9 Å². The molecule has 0 aliphatic rings. The van der Waals surface area contributed by atoms with Gasteiger partial charge in [0, 0.05) is 5.56 Å². The molecule has 0 aliphatic heterocycles. The van der Waals surface area contributed by atoms with Gasteiger partial charge in [0.25, 0.3) is 0 Å². The lowest BCUT2D eigenvalue weighted by Crippen LogP contribution is -2.17. The molecule has 0 fully saturated rings. The topological polar surface area (TPSA) is 54.9 Å². The zero-order valence-corrected chi connectivity index (χ0v) is 12.1. The fraction of sp³-hybridized carbons (Fsp3) is 0.385. The van der Waals surface area contributed by atoms with E-state index in [1.54, 1.807) is 4.68 Å². The zero-order valence-electron chi connectivity index (χ0n) is 11.3. The number of aromatic nitrogens is 3. The first-order valence-corrected chi connectivity index (χ1v) is 6.61. The summed E-state index contributed by atoms with van der Waals surface area (Å²) in [4.78, 5) is 0. The van der Waals surface area contributed by atoms with Crippen LogP contribution in [0.3, 0.4) is 0 Å². The summed E-state index contributed by atoms with van der Waals surface area (Å²) in [6.07, 6.45) is 0.152. The number of para-hydroxylation sites is 1. The number of rotatable bonds is 5. The first-order valence-electron chi connectivity index (χ1n) is 6.20. The Labute approximate surface area is 117 Å². The molecule has 0 spiro atoms. The molecule has 2 aromatic rings. The number of ether oxygens (including phenoxy) is 1. The van der Waals surface area contributed by atoms with Crippen molar-refractivity contribution < 1.29 is 4.74 Å². The third kappa shape index (κ3) is 3.35. The lowest BCUT2D eigenvalue weighted by Gasteiger charge is -2.15. The number of nitrogens with zero attached hydrogens (tertiary/aromatic N) is 2. The molecule has 102 valence electrons. The van der Waals surface area contributed by atoms with E-state index in [1.165, 1.54) is 0 Å². The van der Waals surface area contributed by atoms with Gasteiger partial charge in [-0.1, -0.05) is 18.2 Å². The highest BCUT2D eigenvalue weighted by Gasteiger charge is 2.06. The summed E-state index contributed by atoms with van der Waals surface area (Å²) < 4.78 is 8.08. The van der Waals surface area contributed by atoms with Crippen LogP contribution in [-0.2, 0) is 6.54 Å². The van der Waals surface area contributed by atoms with Crippen LogP contribution >= 0.6 is 12.2 Å². The molecule has 0 bridgehead atoms. The molecule has 0 unspecified atom stereocenters. The van der Waals surface area contributed by atoms with E-state index in [-0.39, 0.29) is 6.10 Å². The molecular formula is C13H18N4OS. The van der Waals surface area contributed by atoms with E-state index in [9.17, 15) is 0 Å². The van der Waals surface area contributed by atoms with Crippen molar-refractivity contribution in [3.05, 3.63) is 40.4 Å². The molecule has 1 heterocycles. The molecule has 0 saturated heterocycles. The predicted octanol–water partition coefficient (Wildman–Crippen LogP) is 2.78. The summed E-state index contributed by atoms with van der Waals surface area (Å²) in [5.41, 5.74) is 4.31. The predicted molar refractivity (Wildman–Crippen MR) is 77.4 cm³/mol. The second kappa shape index (κ2) is 5.88. The number of aromatic amines is 1. The lowest BCUT2D eigenvalue weighted by atomic mass is 10.2. The highest BCUT2D eigenvalue weighted by Crippen LogP contribution is 2.19. The molecule has 1 aromatic heterocycles. The van der Waals surface area contributed by atoms with Gasteiger partial charge in [-0.05, 0) is 39.1 Å². The molecular weight excluding hydrogens is 260 g/mol. The Bertz CT molecular complexity index is 603. The second-order valence-electron chi connectivity index (χ2n) is 4.52. The Morgan fingerprint density at radius 2 is 2.16 bits per heavy atom. The van der Waals surface area contributed by atoms with E-state index in [4.69, 9.17) is 17.0 Å². The number of benzene rings is 1. The van der Waals surface area contributed by atoms with Gasteiger partial charge < -0.3 is 10.2 Å². The van der Waals surface area contributed by atoms with E-state index in [2.05, 4.69) is 15.6 Å². The van der Waals surface area contributed by atoms with Crippen LogP contribution in [0.5, 0.6) is 5.75 Å². The van der Waals surface area contributed by atoms with Gasteiger partial charge in [-0.2, -0.15) is 5.10 Å². The molecule has 5 nitrogen and oxygen atoms in total. The minimum Gasteiger partial charge on any atom is -0.491 e. The Balaban J connectivity index is 2.13. The average molecular weight is 278 g/mol. The zero-order chi connectivity index (χ0) is 13.8. The molecule has 0 radical (unpaired) electrons. The standard InChI is InChI=1S/C13H18N4OS/c1-9(2)18-12-7-5-4-6-11(12)8-14-17-10(3)15-16-13(17)19/h4-7,9,14H,8H2,1-3H3,(H,16,19). The van der Waals surface area contributed by atoms with Crippen molar-refractivity contribution in [1.29, 1.82) is 0 Å². The Morgan fingerprint density at radius 3 is 2.79 bits per heavy atom.